The molecule has 0 amide bonds. The Morgan fingerprint density at radius 1 is 1.14 bits per heavy atom. The van der Waals surface area contributed by atoms with Gasteiger partial charge in [0.05, 0.1) is 11.4 Å². The summed E-state index contributed by atoms with van der Waals surface area (Å²) in [6, 6.07) is 11.5. The first kappa shape index (κ1) is 38.7. The van der Waals surface area contributed by atoms with Crippen LogP contribution in [-0.4, -0.2) is 29.9 Å². The van der Waals surface area contributed by atoms with Gasteiger partial charge in [-0.2, -0.15) is 27.1 Å². The molecule has 0 saturated carbocycles. The Morgan fingerprint density at radius 2 is 1.77 bits per heavy atom. The zero-order valence-electron chi connectivity index (χ0n) is 23.3. The molecule has 0 fully saturated rings. The minimum Gasteiger partial charge on any atom is -0.506 e. The second-order valence-electron chi connectivity index (χ2n) is 8.61. The number of halogens is 8. The molecular formula is C27H38F8N6O2. The Balaban J connectivity index is -0.000000834. The molecule has 0 bridgehead atoms. The van der Waals surface area contributed by atoms with Gasteiger partial charge in [-0.3, -0.25) is 10.1 Å². The number of rotatable bonds is 9. The average Bonchev–Trinajstić information content (AvgIpc) is 2.99. The summed E-state index contributed by atoms with van der Waals surface area (Å²) in [5, 5.41) is 16.4. The van der Waals surface area contributed by atoms with E-state index in [2.05, 4.69) is 50.7 Å². The Bertz CT molecular complexity index is 1220. The summed E-state index contributed by atoms with van der Waals surface area (Å²) < 4.78 is 81.9. The second-order valence-corrected chi connectivity index (χ2v) is 8.61. The number of aromatic hydroxyl groups is 1. The van der Waals surface area contributed by atoms with Crippen molar-refractivity contribution in [3.8, 4) is 11.5 Å². The van der Waals surface area contributed by atoms with E-state index in [-0.39, 0.29) is 13.3 Å². The fraction of sp³-hybridized carbons (Fsp3) is 0.333. The molecule has 16 heteroatoms. The van der Waals surface area contributed by atoms with Gasteiger partial charge in [0.15, 0.2) is 5.84 Å². The number of aliphatic imine (C=N–C) groups is 1. The summed E-state index contributed by atoms with van der Waals surface area (Å²) in [7, 11) is 0. The molecule has 0 aromatic heterocycles. The standard InChI is InChI=1S/C18H20F5N3O.C9H13N3O.F2.FH.2H2/c1-3-12-4-6-13(7-5-12)16(24-2)26-25-14-8-10-15(11-9-14)27-18(22,23)17(19,20)21;1-2-9(12-10)11-7-5-3-4-6-8(7)13;1-2;;;/h6,8-12,25H,2-5,7H2,1H3;2-6,11-13H,10H2,1H3;;3*1H/b26-16-;;;;;. The number of hydrogen-bond donors (Lipinski definition) is 5. The normalized spacial score (nSPS) is 15.2. The fourth-order valence-corrected chi connectivity index (χ4v) is 3.51. The van der Waals surface area contributed by atoms with Gasteiger partial charge in [-0.1, -0.05) is 31.6 Å². The monoisotopic (exact) mass is 630 g/mol. The van der Waals surface area contributed by atoms with Crippen molar-refractivity contribution in [3.63, 3.8) is 0 Å². The van der Waals surface area contributed by atoms with Crippen molar-refractivity contribution in [2.45, 2.75) is 51.8 Å². The lowest BCUT2D eigenvalue weighted by Crippen LogP contribution is -2.41. The number of phenols is 1. The van der Waals surface area contributed by atoms with Crippen LogP contribution in [-0.2, 0) is 0 Å². The third-order valence-corrected chi connectivity index (χ3v) is 5.87. The molecule has 2 aromatic carbocycles. The number of hydrazone groups is 1. The molecule has 0 spiro atoms. The van der Waals surface area contributed by atoms with Crippen LogP contribution < -0.4 is 26.7 Å². The minimum atomic E-state index is -5.79. The molecule has 1 aliphatic carbocycles. The van der Waals surface area contributed by atoms with E-state index in [1.807, 2.05) is 13.0 Å². The highest BCUT2D eigenvalue weighted by Gasteiger charge is 2.61. The van der Waals surface area contributed by atoms with Crippen molar-refractivity contribution < 1.29 is 48.5 Å². The van der Waals surface area contributed by atoms with Gasteiger partial charge in [0.25, 0.3) is 0 Å². The first-order valence-electron chi connectivity index (χ1n) is 12.5. The number of amidine groups is 1. The van der Waals surface area contributed by atoms with Crippen molar-refractivity contribution in [1.82, 2.24) is 5.43 Å². The Morgan fingerprint density at radius 3 is 2.23 bits per heavy atom. The van der Waals surface area contributed by atoms with E-state index in [0.29, 0.717) is 28.9 Å². The Labute approximate surface area is 246 Å². The molecule has 0 heterocycles. The highest BCUT2D eigenvalue weighted by Crippen LogP contribution is 2.37. The first-order valence-corrected chi connectivity index (χ1v) is 12.5. The molecule has 2 aromatic rings. The summed E-state index contributed by atoms with van der Waals surface area (Å²) in [6.07, 6.45) is -3.28. The first-order chi connectivity index (χ1) is 19.9. The molecule has 3 rings (SSSR count). The molecule has 0 aliphatic heterocycles. The quantitative estimate of drug-likeness (QED) is 0.0475. The summed E-state index contributed by atoms with van der Waals surface area (Å²) in [4.78, 5) is 3.89. The SMILES string of the molecule is C=N/C(=N\Nc1ccc(OC(F)(F)C(F)(F)F)cc1)C1=CCC(CC)CC1.CC=C(NN)Nc1ccccc1O.F.FF.[HH].[HH]. The number of hydrogen-bond acceptors (Lipinski definition) is 7. The van der Waals surface area contributed by atoms with Crippen LogP contribution in [0.1, 0.15) is 42.4 Å². The number of ether oxygens (including phenoxy) is 1. The summed E-state index contributed by atoms with van der Waals surface area (Å²) >= 11 is 0. The fourth-order valence-electron chi connectivity index (χ4n) is 3.51. The third kappa shape index (κ3) is 12.6. The summed E-state index contributed by atoms with van der Waals surface area (Å²) in [6.45, 7) is 7.47. The number of anilines is 2. The molecular weight excluding hydrogens is 592 g/mol. The number of alkyl halides is 5. The minimum absolute atomic E-state index is 0. The van der Waals surface area contributed by atoms with E-state index in [1.54, 1.807) is 24.3 Å². The van der Waals surface area contributed by atoms with Crippen LogP contribution in [0.2, 0.25) is 0 Å². The van der Waals surface area contributed by atoms with E-state index in [4.69, 9.17) is 15.0 Å². The largest absolute Gasteiger partial charge is 0.506 e. The Hall–Kier alpha value is -4.34. The lowest BCUT2D eigenvalue weighted by molar-refractivity contribution is -0.360. The number of hydrazine groups is 1. The summed E-state index contributed by atoms with van der Waals surface area (Å²) in [5.74, 6) is 6.51. The lowest BCUT2D eigenvalue weighted by Gasteiger charge is -2.20. The van der Waals surface area contributed by atoms with Crippen LogP contribution >= 0.6 is 0 Å². The van der Waals surface area contributed by atoms with Gasteiger partial charge < -0.3 is 20.6 Å². The molecule has 0 saturated heterocycles. The number of benzene rings is 2. The van der Waals surface area contributed by atoms with Crippen molar-refractivity contribution in [2.75, 3.05) is 10.7 Å². The third-order valence-electron chi connectivity index (χ3n) is 5.87. The van der Waals surface area contributed by atoms with Crippen molar-refractivity contribution in [3.05, 3.63) is 72.1 Å². The number of para-hydroxylation sites is 2. The summed E-state index contributed by atoms with van der Waals surface area (Å²) in [5.41, 5.74) is 7.11. The van der Waals surface area contributed by atoms with Crippen LogP contribution in [0.15, 0.2) is 82.2 Å². The number of nitrogens with two attached hydrogens (primary N) is 1. The van der Waals surface area contributed by atoms with Crippen LogP contribution in [0, 0.1) is 5.92 Å². The maximum absolute atomic E-state index is 12.9. The van der Waals surface area contributed by atoms with Crippen LogP contribution in [0.3, 0.4) is 0 Å². The van der Waals surface area contributed by atoms with Crippen LogP contribution in [0.5, 0.6) is 11.5 Å². The van der Waals surface area contributed by atoms with E-state index >= 15 is 0 Å². The number of nitrogens with one attached hydrogen (secondary N) is 3. The van der Waals surface area contributed by atoms with Gasteiger partial charge in [-0.05, 0) is 86.9 Å². The van der Waals surface area contributed by atoms with Gasteiger partial charge in [0, 0.05) is 12.0 Å². The predicted molar refractivity (Wildman–Crippen MR) is 156 cm³/mol. The van der Waals surface area contributed by atoms with Gasteiger partial charge in [0.2, 0.25) is 0 Å². The highest BCUT2D eigenvalue weighted by atomic mass is 20.0. The van der Waals surface area contributed by atoms with Gasteiger partial charge in [-0.15, -0.1) is 0 Å². The van der Waals surface area contributed by atoms with Crippen LogP contribution in [0.25, 0.3) is 0 Å². The van der Waals surface area contributed by atoms with E-state index in [0.717, 1.165) is 43.4 Å². The van der Waals surface area contributed by atoms with Crippen molar-refractivity contribution in [1.29, 1.82) is 0 Å². The number of allylic oxidation sites excluding steroid dienone is 2. The Kier molecular flexibility index (Phi) is 17.1. The maximum atomic E-state index is 12.9. The van der Waals surface area contributed by atoms with Crippen molar-refractivity contribution >= 4 is 23.9 Å². The van der Waals surface area contributed by atoms with Crippen molar-refractivity contribution in [2.24, 2.45) is 21.9 Å². The molecule has 0 radical (unpaired) electrons. The van der Waals surface area contributed by atoms with Gasteiger partial charge >= 0.3 is 12.3 Å². The zero-order chi connectivity index (χ0) is 31.8. The highest BCUT2D eigenvalue weighted by molar-refractivity contribution is 6.01. The average molecular weight is 631 g/mol. The number of phenolic OH excluding ortho intramolecular Hbond substituents is 1. The molecule has 1 atom stereocenters. The molecule has 8 nitrogen and oxygen atoms in total. The molecule has 244 valence electrons. The molecule has 6 N–H and O–H groups in total. The predicted octanol–water partition coefficient (Wildman–Crippen LogP) is 8.40. The zero-order valence-corrected chi connectivity index (χ0v) is 23.3. The topological polar surface area (TPSA) is 116 Å². The van der Waals surface area contributed by atoms with Gasteiger partial charge in [-0.25, -0.2) is 10.8 Å². The van der Waals surface area contributed by atoms with E-state index in [9.17, 15) is 27.1 Å². The maximum Gasteiger partial charge on any atom is 0.499 e. The smallest absolute Gasteiger partial charge is 0.499 e. The lowest BCUT2D eigenvalue weighted by atomic mass is 9.87. The van der Waals surface area contributed by atoms with E-state index in [1.165, 1.54) is 12.1 Å². The van der Waals surface area contributed by atoms with E-state index < -0.39 is 18.0 Å². The number of nitrogens with zero attached hydrogens (tertiary/aromatic N) is 2. The van der Waals surface area contributed by atoms with Crippen LogP contribution in [0.4, 0.5) is 47.2 Å². The molecule has 43 heavy (non-hydrogen) atoms. The molecule has 1 unspecified atom stereocenters. The van der Waals surface area contributed by atoms with Gasteiger partial charge in [0.1, 0.15) is 17.3 Å². The molecule has 1 aliphatic rings. The second kappa shape index (κ2) is 19.0.